The summed E-state index contributed by atoms with van der Waals surface area (Å²) in [6.07, 6.45) is 0. The second-order valence-corrected chi connectivity index (χ2v) is 13.5. The highest BCUT2D eigenvalue weighted by molar-refractivity contribution is 6.29. The van der Waals surface area contributed by atoms with Gasteiger partial charge in [-0.15, -0.1) is 0 Å². The summed E-state index contributed by atoms with van der Waals surface area (Å²) in [4.78, 5) is 20.9. The molecule has 4 heterocycles. The molecule has 7 aromatic carbocycles. The SMILES string of the molecule is c1ccc(-c2nc(-c3ccccc3)nc(-n3c4ccccc4c4c(-c5ccc6ccccc6n5)cc5c(c6ccccc6n5-c5ccccc5)c43)n2)cc1. The molecule has 0 saturated carbocycles. The molecule has 0 atom stereocenters. The van der Waals surface area contributed by atoms with Crippen molar-refractivity contribution in [2.24, 2.45) is 0 Å². The first-order valence-corrected chi connectivity index (χ1v) is 18.1. The second-order valence-electron chi connectivity index (χ2n) is 13.5. The largest absolute Gasteiger partial charge is 0.309 e. The Balaban J connectivity index is 1.36. The third kappa shape index (κ3) is 4.67. The van der Waals surface area contributed by atoms with E-state index in [4.69, 9.17) is 19.9 Å². The van der Waals surface area contributed by atoms with Gasteiger partial charge in [0.1, 0.15) is 0 Å². The molecule has 0 spiro atoms. The molecule has 0 aliphatic heterocycles. The number of hydrogen-bond donors (Lipinski definition) is 0. The molecule has 0 bridgehead atoms. The molecule has 11 aromatic rings. The molecule has 6 nitrogen and oxygen atoms in total. The van der Waals surface area contributed by atoms with Gasteiger partial charge in [0.05, 0.1) is 33.3 Å². The predicted molar refractivity (Wildman–Crippen MR) is 220 cm³/mol. The van der Waals surface area contributed by atoms with Crippen molar-refractivity contribution in [3.63, 3.8) is 0 Å². The maximum Gasteiger partial charge on any atom is 0.238 e. The van der Waals surface area contributed by atoms with Crippen LogP contribution in [0.3, 0.4) is 0 Å². The highest BCUT2D eigenvalue weighted by Crippen LogP contribution is 2.46. The van der Waals surface area contributed by atoms with Gasteiger partial charge in [0.2, 0.25) is 5.95 Å². The van der Waals surface area contributed by atoms with E-state index >= 15 is 0 Å². The molecule has 0 fully saturated rings. The summed E-state index contributed by atoms with van der Waals surface area (Å²) in [6, 6.07) is 63.1. The number of rotatable bonds is 5. The molecule has 0 radical (unpaired) electrons. The van der Waals surface area contributed by atoms with E-state index in [1.54, 1.807) is 0 Å². The van der Waals surface area contributed by atoms with Crippen LogP contribution in [-0.2, 0) is 0 Å². The van der Waals surface area contributed by atoms with Crippen LogP contribution in [0.15, 0.2) is 182 Å². The third-order valence-electron chi connectivity index (χ3n) is 10.3. The molecule has 0 unspecified atom stereocenters. The van der Waals surface area contributed by atoms with Crippen LogP contribution >= 0.6 is 0 Å². The van der Waals surface area contributed by atoms with E-state index in [-0.39, 0.29) is 0 Å². The molecule has 11 rings (SSSR count). The van der Waals surface area contributed by atoms with Crippen LogP contribution in [0.25, 0.3) is 100 Å². The Morgan fingerprint density at radius 2 is 0.944 bits per heavy atom. The van der Waals surface area contributed by atoms with Gasteiger partial charge in [0.15, 0.2) is 11.6 Å². The molecule has 4 aromatic heterocycles. The molecule has 0 N–H and O–H groups in total. The van der Waals surface area contributed by atoms with E-state index in [2.05, 4.69) is 149 Å². The van der Waals surface area contributed by atoms with Crippen molar-refractivity contribution in [2.75, 3.05) is 0 Å². The van der Waals surface area contributed by atoms with Crippen LogP contribution in [0, 0.1) is 0 Å². The normalized spacial score (nSPS) is 11.7. The lowest BCUT2D eigenvalue weighted by Gasteiger charge is -2.13. The summed E-state index contributed by atoms with van der Waals surface area (Å²) in [5.74, 6) is 1.77. The fourth-order valence-electron chi connectivity index (χ4n) is 7.98. The van der Waals surface area contributed by atoms with Gasteiger partial charge in [-0.25, -0.2) is 9.97 Å². The van der Waals surface area contributed by atoms with Crippen molar-refractivity contribution in [1.29, 1.82) is 0 Å². The molecule has 0 aliphatic carbocycles. The zero-order valence-corrected chi connectivity index (χ0v) is 29.0. The number of pyridine rings is 1. The molecule has 6 heteroatoms. The van der Waals surface area contributed by atoms with Crippen molar-refractivity contribution in [3.05, 3.63) is 182 Å². The molecule has 0 amide bonds. The van der Waals surface area contributed by atoms with E-state index < -0.39 is 0 Å². The first-order valence-electron chi connectivity index (χ1n) is 18.1. The van der Waals surface area contributed by atoms with Crippen LogP contribution in [0.4, 0.5) is 0 Å². The maximum absolute atomic E-state index is 5.30. The lowest BCUT2D eigenvalue weighted by atomic mass is 9.99. The fraction of sp³-hybridized carbons (Fsp3) is 0. The Morgan fingerprint density at radius 3 is 1.63 bits per heavy atom. The Labute approximate surface area is 310 Å². The second kappa shape index (κ2) is 12.1. The highest BCUT2D eigenvalue weighted by Gasteiger charge is 2.26. The average molecular weight is 691 g/mol. The first-order chi connectivity index (χ1) is 26.8. The highest BCUT2D eigenvalue weighted by atomic mass is 15.2. The van der Waals surface area contributed by atoms with Gasteiger partial charge in [0, 0.05) is 49.3 Å². The van der Waals surface area contributed by atoms with Crippen molar-refractivity contribution in [2.45, 2.75) is 0 Å². The molecule has 54 heavy (non-hydrogen) atoms. The van der Waals surface area contributed by atoms with E-state index in [0.717, 1.165) is 82.6 Å². The molecule has 0 aliphatic rings. The summed E-state index contributed by atoms with van der Waals surface area (Å²) in [5.41, 5.74) is 10.0. The van der Waals surface area contributed by atoms with Crippen LogP contribution in [-0.4, -0.2) is 29.1 Å². The van der Waals surface area contributed by atoms with Gasteiger partial charge in [-0.3, -0.25) is 4.57 Å². The lowest BCUT2D eigenvalue weighted by Crippen LogP contribution is -2.06. The molecular weight excluding hydrogens is 661 g/mol. The van der Waals surface area contributed by atoms with E-state index in [1.165, 1.54) is 0 Å². The van der Waals surface area contributed by atoms with Crippen LogP contribution in [0.5, 0.6) is 0 Å². The Kier molecular flexibility index (Phi) is 6.75. The fourth-order valence-corrected chi connectivity index (χ4v) is 7.98. The zero-order valence-electron chi connectivity index (χ0n) is 29.0. The van der Waals surface area contributed by atoms with Gasteiger partial charge in [0.25, 0.3) is 0 Å². The minimum atomic E-state index is 0.551. The minimum absolute atomic E-state index is 0.551. The topological polar surface area (TPSA) is 61.4 Å². The van der Waals surface area contributed by atoms with Crippen molar-refractivity contribution < 1.29 is 0 Å². The third-order valence-corrected chi connectivity index (χ3v) is 10.3. The zero-order chi connectivity index (χ0) is 35.6. The van der Waals surface area contributed by atoms with Gasteiger partial charge in [-0.05, 0) is 42.5 Å². The number of benzene rings is 7. The molecule has 0 saturated heterocycles. The maximum atomic E-state index is 5.30. The Morgan fingerprint density at radius 1 is 0.389 bits per heavy atom. The Hall–Kier alpha value is -7.44. The lowest BCUT2D eigenvalue weighted by molar-refractivity contribution is 0.955. The van der Waals surface area contributed by atoms with Gasteiger partial charge >= 0.3 is 0 Å². The first kappa shape index (κ1) is 30.2. The van der Waals surface area contributed by atoms with Crippen LogP contribution < -0.4 is 0 Å². The number of fused-ring (bicyclic) bond motifs is 8. The monoisotopic (exact) mass is 690 g/mol. The number of aromatic nitrogens is 6. The van der Waals surface area contributed by atoms with Gasteiger partial charge in [-0.2, -0.15) is 9.97 Å². The van der Waals surface area contributed by atoms with Crippen LogP contribution in [0.1, 0.15) is 0 Å². The van der Waals surface area contributed by atoms with Gasteiger partial charge in [-0.1, -0.05) is 140 Å². The standard InChI is InChI=1S/C48H30N6/c1-4-17-32(18-5-1)46-50-47(33-19-6-2-7-20-33)52-48(51-46)54-41-27-15-11-23-35(41)43-37(39-29-28-31-16-10-13-25-38(31)49-39)30-42-44(45(43)54)36-24-12-14-26-40(36)53(42)34-21-8-3-9-22-34/h1-30H. The average Bonchev–Trinajstić information content (AvgIpc) is 3.77. The van der Waals surface area contributed by atoms with Crippen molar-refractivity contribution >= 4 is 54.5 Å². The summed E-state index contributed by atoms with van der Waals surface area (Å²) in [5, 5.41) is 5.56. The van der Waals surface area contributed by atoms with Crippen molar-refractivity contribution in [3.8, 4) is 45.7 Å². The summed E-state index contributed by atoms with van der Waals surface area (Å²) < 4.78 is 4.62. The number of hydrogen-bond acceptors (Lipinski definition) is 4. The van der Waals surface area contributed by atoms with E-state index in [1.807, 2.05) is 42.5 Å². The number of para-hydroxylation sites is 4. The van der Waals surface area contributed by atoms with E-state index in [0.29, 0.717) is 17.6 Å². The van der Waals surface area contributed by atoms with Crippen LogP contribution in [0.2, 0.25) is 0 Å². The quantitative estimate of drug-likeness (QED) is 0.180. The smallest absolute Gasteiger partial charge is 0.238 e. The number of nitrogens with zero attached hydrogens (tertiary/aromatic N) is 6. The minimum Gasteiger partial charge on any atom is -0.309 e. The molecular formula is C48H30N6. The summed E-state index contributed by atoms with van der Waals surface area (Å²) in [7, 11) is 0. The Bertz CT molecular complexity index is 3140. The summed E-state index contributed by atoms with van der Waals surface area (Å²) in [6.45, 7) is 0. The predicted octanol–water partition coefficient (Wildman–Crippen LogP) is 11.6. The summed E-state index contributed by atoms with van der Waals surface area (Å²) >= 11 is 0. The molecule has 252 valence electrons. The van der Waals surface area contributed by atoms with Gasteiger partial charge < -0.3 is 4.57 Å². The van der Waals surface area contributed by atoms with E-state index in [9.17, 15) is 0 Å². The van der Waals surface area contributed by atoms with Crippen molar-refractivity contribution in [1.82, 2.24) is 29.1 Å².